The number of hydrogen-bond donors (Lipinski definition) is 3. The largest absolute Gasteiger partial charge is 0.393 e. The summed E-state index contributed by atoms with van der Waals surface area (Å²) in [5.74, 6) is -0.540. The number of carbonyl (C=O) groups excluding carboxylic acids is 3. The normalized spacial score (nSPS) is 24.3. The molecule has 2 fully saturated rings. The lowest BCUT2D eigenvalue weighted by Crippen LogP contribution is -2.51. The van der Waals surface area contributed by atoms with Crippen LogP contribution in [0.3, 0.4) is 0 Å². The maximum absolute atomic E-state index is 12.3. The van der Waals surface area contributed by atoms with Crippen LogP contribution >= 0.6 is 0 Å². The van der Waals surface area contributed by atoms with E-state index in [2.05, 4.69) is 15.6 Å². The van der Waals surface area contributed by atoms with Crippen LogP contribution in [0.15, 0.2) is 24.4 Å². The van der Waals surface area contributed by atoms with Gasteiger partial charge in [-0.3, -0.25) is 19.9 Å². The fourth-order valence-electron chi connectivity index (χ4n) is 3.07. The summed E-state index contributed by atoms with van der Waals surface area (Å²) < 4.78 is 0. The van der Waals surface area contributed by atoms with Crippen molar-refractivity contribution < 1.29 is 19.5 Å². The molecule has 0 radical (unpaired) electrons. The molecule has 1 aliphatic heterocycles. The third-order valence-electron chi connectivity index (χ3n) is 4.42. The Balaban J connectivity index is 1.59. The fourth-order valence-corrected chi connectivity index (χ4v) is 3.07. The molecule has 1 aromatic rings. The van der Waals surface area contributed by atoms with E-state index in [-0.39, 0.29) is 37.1 Å². The molecule has 0 bridgehead atoms. The second-order valence-corrected chi connectivity index (χ2v) is 6.29. The van der Waals surface area contributed by atoms with Crippen LogP contribution in [0.25, 0.3) is 0 Å². The zero-order chi connectivity index (χ0) is 17.1. The van der Waals surface area contributed by atoms with Gasteiger partial charge in [0.2, 0.25) is 11.8 Å². The number of aromatic nitrogens is 1. The van der Waals surface area contributed by atoms with Gasteiger partial charge in [-0.1, -0.05) is 6.07 Å². The predicted molar refractivity (Wildman–Crippen MR) is 83.7 cm³/mol. The number of nitrogens with one attached hydrogen (secondary N) is 2. The Bertz CT molecular complexity index is 630. The van der Waals surface area contributed by atoms with E-state index in [1.807, 2.05) is 18.2 Å². The number of rotatable bonds is 6. The molecule has 2 heterocycles. The molecule has 0 spiro atoms. The monoisotopic (exact) mass is 332 g/mol. The minimum atomic E-state index is -0.546. The van der Waals surface area contributed by atoms with Crippen LogP contribution in [0.2, 0.25) is 0 Å². The van der Waals surface area contributed by atoms with E-state index in [1.165, 1.54) is 4.90 Å². The minimum Gasteiger partial charge on any atom is -0.393 e. The summed E-state index contributed by atoms with van der Waals surface area (Å²) in [6.45, 7) is -0.259. The van der Waals surface area contributed by atoms with E-state index in [1.54, 1.807) is 6.20 Å². The van der Waals surface area contributed by atoms with E-state index in [9.17, 15) is 19.5 Å². The van der Waals surface area contributed by atoms with Gasteiger partial charge in [0, 0.05) is 24.4 Å². The molecule has 1 aromatic heterocycles. The third-order valence-corrected chi connectivity index (χ3v) is 4.42. The van der Waals surface area contributed by atoms with Crippen molar-refractivity contribution in [3.63, 3.8) is 0 Å². The van der Waals surface area contributed by atoms with Gasteiger partial charge >= 0.3 is 6.03 Å². The van der Waals surface area contributed by atoms with Gasteiger partial charge < -0.3 is 15.3 Å². The number of amides is 4. The molecule has 1 saturated carbocycles. The van der Waals surface area contributed by atoms with E-state index in [0.29, 0.717) is 19.3 Å². The summed E-state index contributed by atoms with van der Waals surface area (Å²) in [6, 6.07) is 4.90. The van der Waals surface area contributed by atoms with Crippen molar-refractivity contribution in [3.05, 3.63) is 30.1 Å². The topological polar surface area (TPSA) is 112 Å². The summed E-state index contributed by atoms with van der Waals surface area (Å²) in [7, 11) is 0. The standard InChI is InChI=1S/C16H20N4O4/c21-12-5-10(6-12)13(7-11-3-1-2-4-17-11)18-14(22)8-20-9-15(23)19-16(20)24/h1-4,10,12-13,21H,5-9H2,(H,18,22)(H,19,23,24). The van der Waals surface area contributed by atoms with Gasteiger partial charge in [-0.2, -0.15) is 0 Å². The first-order valence-corrected chi connectivity index (χ1v) is 7.97. The highest BCUT2D eigenvalue weighted by Crippen LogP contribution is 2.31. The Morgan fingerprint density at radius 3 is 2.79 bits per heavy atom. The quantitative estimate of drug-likeness (QED) is 0.604. The minimum absolute atomic E-state index is 0.0979. The van der Waals surface area contributed by atoms with Crippen molar-refractivity contribution in [2.45, 2.75) is 31.4 Å². The molecular formula is C16H20N4O4. The van der Waals surface area contributed by atoms with E-state index < -0.39 is 11.9 Å². The highest BCUT2D eigenvalue weighted by Gasteiger charge is 2.36. The van der Waals surface area contributed by atoms with Crippen LogP contribution in [0.5, 0.6) is 0 Å². The summed E-state index contributed by atoms with van der Waals surface area (Å²) >= 11 is 0. The van der Waals surface area contributed by atoms with Crippen LogP contribution in [0, 0.1) is 5.92 Å². The van der Waals surface area contributed by atoms with Gasteiger partial charge in [0.1, 0.15) is 13.1 Å². The van der Waals surface area contributed by atoms with E-state index >= 15 is 0 Å². The molecule has 8 heteroatoms. The first-order valence-electron chi connectivity index (χ1n) is 7.97. The number of imide groups is 1. The summed E-state index contributed by atoms with van der Waals surface area (Å²) in [4.78, 5) is 40.4. The summed E-state index contributed by atoms with van der Waals surface area (Å²) in [5, 5.41) is 14.6. The maximum Gasteiger partial charge on any atom is 0.325 e. The first kappa shape index (κ1) is 16.4. The average Bonchev–Trinajstić information content (AvgIpc) is 2.82. The molecule has 1 aliphatic carbocycles. The second-order valence-electron chi connectivity index (χ2n) is 6.29. The molecule has 2 aliphatic rings. The van der Waals surface area contributed by atoms with Gasteiger partial charge in [0.05, 0.1) is 6.10 Å². The summed E-state index contributed by atoms with van der Waals surface area (Å²) in [6.07, 6.45) is 3.22. The van der Waals surface area contributed by atoms with Gasteiger partial charge in [0.15, 0.2) is 0 Å². The predicted octanol–water partition coefficient (Wildman–Crippen LogP) is -0.568. The lowest BCUT2D eigenvalue weighted by Gasteiger charge is -2.38. The lowest BCUT2D eigenvalue weighted by atomic mass is 9.76. The summed E-state index contributed by atoms with van der Waals surface area (Å²) in [5.41, 5.74) is 0.860. The highest BCUT2D eigenvalue weighted by atomic mass is 16.3. The molecular weight excluding hydrogens is 312 g/mol. The number of nitrogens with zero attached hydrogens (tertiary/aromatic N) is 2. The number of hydrogen-bond acceptors (Lipinski definition) is 5. The molecule has 3 N–H and O–H groups in total. The second kappa shape index (κ2) is 6.96. The molecule has 8 nitrogen and oxygen atoms in total. The highest BCUT2D eigenvalue weighted by molar-refractivity contribution is 6.03. The molecule has 1 unspecified atom stereocenters. The average molecular weight is 332 g/mol. The van der Waals surface area contributed by atoms with Crippen molar-refractivity contribution in [2.24, 2.45) is 5.92 Å². The first-order chi connectivity index (χ1) is 11.5. The molecule has 1 atom stereocenters. The van der Waals surface area contributed by atoms with Gasteiger partial charge in [-0.15, -0.1) is 0 Å². The number of urea groups is 1. The molecule has 128 valence electrons. The van der Waals surface area contributed by atoms with Crippen molar-refractivity contribution in [3.8, 4) is 0 Å². The van der Waals surface area contributed by atoms with Crippen molar-refractivity contribution >= 4 is 17.8 Å². The number of aliphatic hydroxyl groups excluding tert-OH is 1. The van der Waals surface area contributed by atoms with Gasteiger partial charge in [0.25, 0.3) is 0 Å². The number of aliphatic hydroxyl groups is 1. The van der Waals surface area contributed by atoms with Gasteiger partial charge in [-0.05, 0) is 30.9 Å². The molecule has 4 amide bonds. The number of carbonyl (C=O) groups is 3. The van der Waals surface area contributed by atoms with Crippen LogP contribution < -0.4 is 10.6 Å². The molecule has 24 heavy (non-hydrogen) atoms. The Hall–Kier alpha value is -2.48. The molecule has 3 rings (SSSR count). The third kappa shape index (κ3) is 3.88. The Morgan fingerprint density at radius 2 is 2.21 bits per heavy atom. The van der Waals surface area contributed by atoms with Gasteiger partial charge in [-0.25, -0.2) is 4.79 Å². The van der Waals surface area contributed by atoms with Crippen molar-refractivity contribution in [1.82, 2.24) is 20.5 Å². The van der Waals surface area contributed by atoms with E-state index in [4.69, 9.17) is 0 Å². The zero-order valence-corrected chi connectivity index (χ0v) is 13.1. The Kier molecular flexibility index (Phi) is 4.75. The fraction of sp³-hybridized carbons (Fsp3) is 0.500. The lowest BCUT2D eigenvalue weighted by molar-refractivity contribution is -0.123. The van der Waals surface area contributed by atoms with Crippen LogP contribution in [-0.4, -0.2) is 58.1 Å². The van der Waals surface area contributed by atoms with E-state index in [0.717, 1.165) is 5.69 Å². The molecule has 1 saturated heterocycles. The Labute approximate surface area is 139 Å². The van der Waals surface area contributed by atoms with Crippen LogP contribution in [0.1, 0.15) is 18.5 Å². The van der Waals surface area contributed by atoms with Crippen LogP contribution in [-0.2, 0) is 16.0 Å². The van der Waals surface area contributed by atoms with Crippen molar-refractivity contribution in [2.75, 3.05) is 13.1 Å². The number of pyridine rings is 1. The SMILES string of the molecule is O=C1CN(CC(=O)NC(Cc2ccccn2)C2CC(O)C2)C(=O)N1. The molecule has 0 aromatic carbocycles. The Morgan fingerprint density at radius 1 is 1.42 bits per heavy atom. The maximum atomic E-state index is 12.3. The smallest absolute Gasteiger partial charge is 0.325 e. The zero-order valence-electron chi connectivity index (χ0n) is 13.1. The van der Waals surface area contributed by atoms with Crippen LogP contribution in [0.4, 0.5) is 4.79 Å². The van der Waals surface area contributed by atoms with Crippen molar-refractivity contribution in [1.29, 1.82) is 0 Å².